The van der Waals surface area contributed by atoms with Crippen molar-refractivity contribution in [3.05, 3.63) is 71.3 Å². The summed E-state index contributed by atoms with van der Waals surface area (Å²) in [7, 11) is 0. The number of rotatable bonds is 7. The third-order valence-corrected chi connectivity index (χ3v) is 3.74. The van der Waals surface area contributed by atoms with E-state index in [1.54, 1.807) is 30.3 Å². The Morgan fingerprint density at radius 2 is 1.61 bits per heavy atom. The van der Waals surface area contributed by atoms with Crippen molar-refractivity contribution in [1.29, 1.82) is 0 Å². The molecule has 9 heteroatoms. The van der Waals surface area contributed by atoms with Crippen LogP contribution in [0.5, 0.6) is 0 Å². The van der Waals surface area contributed by atoms with Crippen molar-refractivity contribution in [1.82, 2.24) is 5.32 Å². The molecule has 2 aromatic rings. The molecule has 0 aliphatic rings. The van der Waals surface area contributed by atoms with E-state index in [1.165, 1.54) is 6.07 Å². The molecule has 0 aliphatic carbocycles. The van der Waals surface area contributed by atoms with E-state index in [4.69, 9.17) is 10.5 Å². The lowest BCUT2D eigenvalue weighted by atomic mass is 10.1. The van der Waals surface area contributed by atoms with Crippen LogP contribution in [0.15, 0.2) is 54.6 Å². The minimum absolute atomic E-state index is 0.0595. The summed E-state index contributed by atoms with van der Waals surface area (Å²) in [6, 6.07) is 11.3. The molecule has 0 aliphatic heterocycles. The van der Waals surface area contributed by atoms with E-state index < -0.39 is 47.5 Å². The Kier molecular flexibility index (Phi) is 6.75. The van der Waals surface area contributed by atoms with Crippen LogP contribution in [0, 0.1) is 0 Å². The highest BCUT2D eigenvalue weighted by Crippen LogP contribution is 2.31. The van der Waals surface area contributed by atoms with E-state index in [9.17, 15) is 27.6 Å². The predicted octanol–water partition coefficient (Wildman–Crippen LogP) is 2.42. The lowest BCUT2D eigenvalue weighted by molar-refractivity contribution is -0.146. The highest BCUT2D eigenvalue weighted by Gasteiger charge is 2.35. The molecule has 2 rings (SSSR count). The zero-order chi connectivity index (χ0) is 20.7. The number of halogens is 3. The number of alkyl halides is 3. The van der Waals surface area contributed by atoms with Crippen LogP contribution in [-0.2, 0) is 27.1 Å². The van der Waals surface area contributed by atoms with Crippen LogP contribution in [0.1, 0.15) is 27.9 Å². The summed E-state index contributed by atoms with van der Waals surface area (Å²) in [6.07, 6.45) is -5.37. The second-order valence-electron chi connectivity index (χ2n) is 5.82. The molecule has 0 unspecified atom stereocenters. The maximum atomic E-state index is 13.0. The number of primary amides is 1. The average molecular weight is 394 g/mol. The van der Waals surface area contributed by atoms with Crippen LogP contribution in [0.3, 0.4) is 0 Å². The molecular formula is C19H17F3N2O4. The number of hydrogen-bond donors (Lipinski definition) is 2. The van der Waals surface area contributed by atoms with Gasteiger partial charge < -0.3 is 15.8 Å². The minimum atomic E-state index is -4.76. The van der Waals surface area contributed by atoms with Gasteiger partial charge in [0.1, 0.15) is 12.6 Å². The van der Waals surface area contributed by atoms with Gasteiger partial charge in [0.15, 0.2) is 0 Å². The number of nitrogens with two attached hydrogens (primary N) is 1. The third-order valence-electron chi connectivity index (χ3n) is 3.74. The first-order valence-electron chi connectivity index (χ1n) is 8.14. The van der Waals surface area contributed by atoms with Gasteiger partial charge in [-0.25, -0.2) is 0 Å². The van der Waals surface area contributed by atoms with Crippen molar-refractivity contribution in [2.24, 2.45) is 5.73 Å². The second kappa shape index (κ2) is 9.03. The first-order chi connectivity index (χ1) is 13.2. The molecule has 148 valence electrons. The number of esters is 1. The first-order valence-corrected chi connectivity index (χ1v) is 8.14. The summed E-state index contributed by atoms with van der Waals surface area (Å²) in [5.74, 6) is -3.08. The Labute approximate surface area is 158 Å². The number of carbonyl (C=O) groups excluding carboxylic acids is 3. The van der Waals surface area contributed by atoms with Gasteiger partial charge in [-0.05, 0) is 17.7 Å². The van der Waals surface area contributed by atoms with Gasteiger partial charge in [-0.3, -0.25) is 14.4 Å². The molecule has 1 atom stereocenters. The van der Waals surface area contributed by atoms with Crippen molar-refractivity contribution >= 4 is 17.8 Å². The lowest BCUT2D eigenvalue weighted by Gasteiger charge is -2.17. The number of carbonyl (C=O) groups is 3. The molecule has 2 amide bonds. The fourth-order valence-electron chi connectivity index (χ4n) is 2.35. The van der Waals surface area contributed by atoms with Gasteiger partial charge >= 0.3 is 12.1 Å². The molecule has 0 saturated heterocycles. The molecule has 0 heterocycles. The summed E-state index contributed by atoms with van der Waals surface area (Å²) in [4.78, 5) is 35.7. The molecule has 0 fully saturated rings. The fraction of sp³-hybridized carbons (Fsp3) is 0.211. The minimum Gasteiger partial charge on any atom is -0.461 e. The van der Waals surface area contributed by atoms with E-state index in [1.807, 2.05) is 0 Å². The second-order valence-corrected chi connectivity index (χ2v) is 5.82. The van der Waals surface area contributed by atoms with Crippen LogP contribution in [0.4, 0.5) is 13.2 Å². The van der Waals surface area contributed by atoms with Gasteiger partial charge in [0, 0.05) is 0 Å². The number of ether oxygens (including phenoxy) is 1. The van der Waals surface area contributed by atoms with Crippen molar-refractivity contribution < 1.29 is 32.3 Å². The molecule has 0 bridgehead atoms. The monoisotopic (exact) mass is 394 g/mol. The third kappa shape index (κ3) is 5.83. The van der Waals surface area contributed by atoms with Gasteiger partial charge in [-0.15, -0.1) is 0 Å². The number of amides is 2. The highest BCUT2D eigenvalue weighted by molar-refractivity contribution is 5.99. The molecule has 28 heavy (non-hydrogen) atoms. The van der Waals surface area contributed by atoms with Crippen LogP contribution in [0.2, 0.25) is 0 Å². The van der Waals surface area contributed by atoms with Crippen LogP contribution in [-0.4, -0.2) is 23.8 Å². The van der Waals surface area contributed by atoms with Crippen molar-refractivity contribution in [2.45, 2.75) is 25.2 Å². The zero-order valence-corrected chi connectivity index (χ0v) is 14.5. The fourth-order valence-corrected chi connectivity index (χ4v) is 2.35. The van der Waals surface area contributed by atoms with E-state index in [-0.39, 0.29) is 6.61 Å². The van der Waals surface area contributed by atoms with Crippen LogP contribution >= 0.6 is 0 Å². The molecule has 2 aromatic carbocycles. The average Bonchev–Trinajstić information content (AvgIpc) is 2.66. The van der Waals surface area contributed by atoms with Gasteiger partial charge in [-0.1, -0.05) is 42.5 Å². The van der Waals surface area contributed by atoms with Crippen molar-refractivity contribution in [3.63, 3.8) is 0 Å². The molecule has 6 nitrogen and oxygen atoms in total. The summed E-state index contributed by atoms with van der Waals surface area (Å²) in [5.41, 5.74) is 4.02. The molecule has 3 N–H and O–H groups in total. The van der Waals surface area contributed by atoms with E-state index in [0.29, 0.717) is 5.56 Å². The molecule has 0 aromatic heterocycles. The molecule has 0 saturated carbocycles. The Bertz CT molecular complexity index is 854. The van der Waals surface area contributed by atoms with Gasteiger partial charge in [-0.2, -0.15) is 13.2 Å². The topological polar surface area (TPSA) is 98.5 Å². The number of hydrogen-bond acceptors (Lipinski definition) is 4. The van der Waals surface area contributed by atoms with Gasteiger partial charge in [0.25, 0.3) is 5.91 Å². The van der Waals surface area contributed by atoms with Crippen LogP contribution in [0.25, 0.3) is 0 Å². The maximum absolute atomic E-state index is 13.0. The van der Waals surface area contributed by atoms with E-state index in [0.717, 1.165) is 18.2 Å². The number of nitrogens with one attached hydrogen (secondary N) is 1. The normalized spacial score (nSPS) is 12.1. The Hall–Kier alpha value is -3.36. The molecular weight excluding hydrogens is 377 g/mol. The Morgan fingerprint density at radius 1 is 1.00 bits per heavy atom. The van der Waals surface area contributed by atoms with Crippen molar-refractivity contribution in [3.8, 4) is 0 Å². The maximum Gasteiger partial charge on any atom is 0.417 e. The molecule has 0 spiro atoms. The van der Waals surface area contributed by atoms with E-state index in [2.05, 4.69) is 5.32 Å². The Balaban J connectivity index is 2.04. The standard InChI is InChI=1S/C19H17F3N2O4/c20-19(21,22)14-9-5-4-8-13(14)18(27)24-15(17(23)26)10-16(25)28-11-12-6-2-1-3-7-12/h1-9,15H,10-11H2,(H2,23,26)(H,24,27)/t15-/m1/s1. The molecule has 0 radical (unpaired) electrons. The van der Waals surface area contributed by atoms with Gasteiger partial charge in [0.2, 0.25) is 5.91 Å². The van der Waals surface area contributed by atoms with E-state index >= 15 is 0 Å². The SMILES string of the molecule is NC(=O)[C@@H](CC(=O)OCc1ccccc1)NC(=O)c1ccccc1C(F)(F)F. The number of benzene rings is 2. The predicted molar refractivity (Wildman–Crippen MR) is 92.7 cm³/mol. The van der Waals surface area contributed by atoms with Crippen molar-refractivity contribution in [2.75, 3.05) is 0 Å². The van der Waals surface area contributed by atoms with Gasteiger partial charge in [0.05, 0.1) is 17.5 Å². The van der Waals surface area contributed by atoms with Crippen LogP contribution < -0.4 is 11.1 Å². The largest absolute Gasteiger partial charge is 0.461 e. The zero-order valence-electron chi connectivity index (χ0n) is 14.5. The highest BCUT2D eigenvalue weighted by atomic mass is 19.4. The summed E-state index contributed by atoms with van der Waals surface area (Å²) in [5, 5.41) is 2.06. The lowest BCUT2D eigenvalue weighted by Crippen LogP contribution is -2.46. The summed E-state index contributed by atoms with van der Waals surface area (Å²) >= 11 is 0. The summed E-state index contributed by atoms with van der Waals surface area (Å²) < 4.78 is 44.1. The quantitative estimate of drug-likeness (QED) is 0.705. The summed E-state index contributed by atoms with van der Waals surface area (Å²) in [6.45, 7) is -0.0595. The Morgan fingerprint density at radius 3 is 2.21 bits per heavy atom. The smallest absolute Gasteiger partial charge is 0.417 e. The first kappa shape index (κ1) is 20.9.